The van der Waals surface area contributed by atoms with Gasteiger partial charge in [0.15, 0.2) is 0 Å². The molecule has 0 bridgehead atoms. The third kappa shape index (κ3) is 2.19. The van der Waals surface area contributed by atoms with Crippen molar-refractivity contribution in [1.82, 2.24) is 5.32 Å². The maximum absolute atomic E-state index is 11.9. The first-order valence-electron chi connectivity index (χ1n) is 6.23. The Labute approximate surface area is 116 Å². The van der Waals surface area contributed by atoms with Crippen LogP contribution in [-0.2, 0) is 4.79 Å². The summed E-state index contributed by atoms with van der Waals surface area (Å²) in [5.41, 5.74) is 1.86. The Morgan fingerprint density at radius 2 is 1.45 bits per heavy atom. The Morgan fingerprint density at radius 1 is 0.850 bits per heavy atom. The number of hydrogen-bond acceptors (Lipinski definition) is 2. The van der Waals surface area contributed by atoms with Gasteiger partial charge in [0.2, 0.25) is 0 Å². The summed E-state index contributed by atoms with van der Waals surface area (Å²) >= 11 is 0. The molecule has 0 aromatic heterocycles. The van der Waals surface area contributed by atoms with E-state index in [2.05, 4.69) is 5.32 Å². The van der Waals surface area contributed by atoms with E-state index >= 15 is 0 Å². The van der Waals surface area contributed by atoms with Crippen LogP contribution < -0.4 is 10.2 Å². The van der Waals surface area contributed by atoms with Gasteiger partial charge in [-0.3, -0.25) is 15.0 Å². The highest BCUT2D eigenvalue weighted by atomic mass is 16.2. The van der Waals surface area contributed by atoms with Gasteiger partial charge in [-0.15, -0.1) is 0 Å². The molecule has 0 aliphatic carbocycles. The van der Waals surface area contributed by atoms with Crippen LogP contribution in [0, 0.1) is 0 Å². The largest absolute Gasteiger partial charge is 0.333 e. The zero-order valence-electron chi connectivity index (χ0n) is 10.6. The van der Waals surface area contributed by atoms with Gasteiger partial charge in [-0.2, -0.15) is 0 Å². The summed E-state index contributed by atoms with van der Waals surface area (Å²) in [5.74, 6) is -0.386. The Kier molecular flexibility index (Phi) is 3.05. The predicted molar refractivity (Wildman–Crippen MR) is 76.9 cm³/mol. The van der Waals surface area contributed by atoms with E-state index in [0.29, 0.717) is 11.4 Å². The summed E-state index contributed by atoms with van der Waals surface area (Å²) in [7, 11) is 0. The molecule has 2 aromatic carbocycles. The molecule has 1 saturated heterocycles. The summed E-state index contributed by atoms with van der Waals surface area (Å²) < 4.78 is 0. The summed E-state index contributed by atoms with van der Waals surface area (Å²) in [6.07, 6.45) is 1.70. The van der Waals surface area contributed by atoms with Crippen LogP contribution in [0.2, 0.25) is 0 Å². The molecule has 2 aromatic rings. The highest BCUT2D eigenvalue weighted by molar-refractivity contribution is 6.23. The molecular formula is C16H12N2O2. The number of carbonyl (C=O) groups excluding carboxylic acids is 2. The molecule has 0 unspecified atom stereocenters. The van der Waals surface area contributed by atoms with Crippen LogP contribution >= 0.6 is 0 Å². The molecule has 1 aliphatic rings. The predicted octanol–water partition coefficient (Wildman–Crippen LogP) is 2.78. The molecule has 0 saturated carbocycles. The fraction of sp³-hybridized carbons (Fsp3) is 0. The second-order valence-corrected chi connectivity index (χ2v) is 4.37. The van der Waals surface area contributed by atoms with Crippen LogP contribution in [0.25, 0.3) is 6.08 Å². The van der Waals surface area contributed by atoms with Gasteiger partial charge >= 0.3 is 6.03 Å². The third-order valence-corrected chi connectivity index (χ3v) is 3.01. The fourth-order valence-electron chi connectivity index (χ4n) is 2.10. The normalized spacial score (nSPS) is 16.6. The number of amides is 3. The number of nitrogens with one attached hydrogen (secondary N) is 1. The van der Waals surface area contributed by atoms with E-state index < -0.39 is 6.03 Å². The maximum Gasteiger partial charge on any atom is 0.333 e. The van der Waals surface area contributed by atoms with Gasteiger partial charge in [0.05, 0.1) is 5.69 Å². The van der Waals surface area contributed by atoms with Crippen molar-refractivity contribution in [3.8, 4) is 0 Å². The summed E-state index contributed by atoms with van der Waals surface area (Å²) in [6, 6.07) is 18.1. The number of para-hydroxylation sites is 1. The zero-order chi connectivity index (χ0) is 13.9. The highest BCUT2D eigenvalue weighted by Gasteiger charge is 2.33. The van der Waals surface area contributed by atoms with E-state index in [0.717, 1.165) is 5.56 Å². The summed E-state index contributed by atoms with van der Waals surface area (Å²) in [5, 5.41) is 2.32. The topological polar surface area (TPSA) is 49.4 Å². The van der Waals surface area contributed by atoms with Gasteiger partial charge < -0.3 is 0 Å². The number of urea groups is 1. The van der Waals surface area contributed by atoms with Crippen LogP contribution in [0.5, 0.6) is 0 Å². The monoisotopic (exact) mass is 264 g/mol. The van der Waals surface area contributed by atoms with E-state index in [-0.39, 0.29) is 5.91 Å². The van der Waals surface area contributed by atoms with Crippen LogP contribution in [0.1, 0.15) is 5.56 Å². The molecule has 0 spiro atoms. The molecule has 98 valence electrons. The molecule has 1 aliphatic heterocycles. The fourth-order valence-corrected chi connectivity index (χ4v) is 2.10. The lowest BCUT2D eigenvalue weighted by atomic mass is 10.2. The van der Waals surface area contributed by atoms with Crippen molar-refractivity contribution < 1.29 is 9.59 Å². The number of benzene rings is 2. The molecule has 4 heteroatoms. The van der Waals surface area contributed by atoms with Crippen LogP contribution in [0.4, 0.5) is 10.5 Å². The van der Waals surface area contributed by atoms with E-state index in [4.69, 9.17) is 0 Å². The maximum atomic E-state index is 11.9. The molecule has 0 atom stereocenters. The lowest BCUT2D eigenvalue weighted by Crippen LogP contribution is -2.27. The van der Waals surface area contributed by atoms with Gasteiger partial charge in [-0.05, 0) is 23.8 Å². The van der Waals surface area contributed by atoms with Crippen molar-refractivity contribution in [2.45, 2.75) is 0 Å². The number of imide groups is 1. The van der Waals surface area contributed by atoms with Crippen molar-refractivity contribution in [3.63, 3.8) is 0 Å². The van der Waals surface area contributed by atoms with E-state index in [9.17, 15) is 9.59 Å². The minimum Gasteiger partial charge on any atom is -0.272 e. The first kappa shape index (κ1) is 12.2. The second kappa shape index (κ2) is 5.01. The number of nitrogens with zero attached hydrogens (tertiary/aromatic N) is 1. The Balaban J connectivity index is 2.05. The Morgan fingerprint density at radius 3 is 2.10 bits per heavy atom. The standard InChI is InChI=1S/C16H12N2O2/c19-15-14(11-12-7-3-1-4-8-12)18(16(20)17-15)13-9-5-2-6-10-13/h1-11H,(H,17,19,20)/b14-11+. The summed E-state index contributed by atoms with van der Waals surface area (Å²) in [6.45, 7) is 0. The summed E-state index contributed by atoms with van der Waals surface area (Å²) in [4.78, 5) is 25.3. The van der Waals surface area contributed by atoms with Crippen LogP contribution in [0.15, 0.2) is 66.4 Å². The van der Waals surface area contributed by atoms with E-state index in [1.807, 2.05) is 48.5 Å². The SMILES string of the molecule is O=C1NC(=O)N(c2ccccc2)/C1=C/c1ccccc1. The third-order valence-electron chi connectivity index (χ3n) is 3.01. The van der Waals surface area contributed by atoms with Crippen molar-refractivity contribution >= 4 is 23.7 Å². The first-order valence-corrected chi connectivity index (χ1v) is 6.23. The minimum absolute atomic E-state index is 0.326. The molecule has 1 fully saturated rings. The van der Waals surface area contributed by atoms with E-state index in [1.165, 1.54) is 4.90 Å². The molecule has 0 radical (unpaired) electrons. The molecule has 1 heterocycles. The smallest absolute Gasteiger partial charge is 0.272 e. The molecule has 3 rings (SSSR count). The molecule has 20 heavy (non-hydrogen) atoms. The van der Waals surface area contributed by atoms with Gasteiger partial charge in [-0.25, -0.2) is 4.79 Å². The minimum atomic E-state index is -0.427. The van der Waals surface area contributed by atoms with Crippen LogP contribution in [-0.4, -0.2) is 11.9 Å². The lowest BCUT2D eigenvalue weighted by molar-refractivity contribution is -0.115. The quantitative estimate of drug-likeness (QED) is 0.669. The zero-order valence-corrected chi connectivity index (χ0v) is 10.6. The van der Waals surface area contributed by atoms with Gasteiger partial charge in [-0.1, -0.05) is 48.5 Å². The van der Waals surface area contributed by atoms with Gasteiger partial charge in [0.1, 0.15) is 5.70 Å². The average molecular weight is 264 g/mol. The number of rotatable bonds is 2. The first-order chi connectivity index (χ1) is 9.75. The van der Waals surface area contributed by atoms with Gasteiger partial charge in [0.25, 0.3) is 5.91 Å². The Bertz CT molecular complexity index is 678. The number of hydrogen-bond donors (Lipinski definition) is 1. The van der Waals surface area contributed by atoms with Crippen molar-refractivity contribution in [3.05, 3.63) is 71.9 Å². The van der Waals surface area contributed by atoms with Crippen molar-refractivity contribution in [1.29, 1.82) is 0 Å². The van der Waals surface area contributed by atoms with Crippen molar-refractivity contribution in [2.24, 2.45) is 0 Å². The second-order valence-electron chi connectivity index (χ2n) is 4.37. The van der Waals surface area contributed by atoms with Gasteiger partial charge in [0, 0.05) is 0 Å². The number of anilines is 1. The lowest BCUT2D eigenvalue weighted by Gasteiger charge is -2.15. The average Bonchev–Trinajstić information content (AvgIpc) is 2.75. The molecule has 3 amide bonds. The Hall–Kier alpha value is -2.88. The highest BCUT2D eigenvalue weighted by Crippen LogP contribution is 2.24. The van der Waals surface area contributed by atoms with E-state index in [1.54, 1.807) is 18.2 Å². The van der Waals surface area contributed by atoms with Crippen molar-refractivity contribution in [2.75, 3.05) is 4.90 Å². The van der Waals surface area contributed by atoms with Crippen LogP contribution in [0.3, 0.4) is 0 Å². The molecular weight excluding hydrogens is 252 g/mol. The molecule has 4 nitrogen and oxygen atoms in total. The molecule has 1 N–H and O–H groups in total. The number of carbonyl (C=O) groups is 2.